The number of rotatable bonds is 4. The van der Waals surface area contributed by atoms with Crippen molar-refractivity contribution in [2.75, 3.05) is 7.11 Å². The number of hydrogen-bond donors (Lipinski definition) is 2. The topological polar surface area (TPSA) is 72.5 Å². The molecule has 0 bridgehead atoms. The van der Waals surface area contributed by atoms with Crippen molar-refractivity contribution in [1.82, 2.24) is 0 Å². The molecule has 1 rings (SSSR count). The van der Waals surface area contributed by atoms with Crippen LogP contribution in [0.1, 0.15) is 11.1 Å². The second kappa shape index (κ2) is 5.32. The van der Waals surface area contributed by atoms with Crippen LogP contribution in [0.5, 0.6) is 5.75 Å². The molecule has 0 heterocycles. The third-order valence-electron chi connectivity index (χ3n) is 2.34. The van der Waals surface area contributed by atoms with Crippen LogP contribution in [-0.4, -0.2) is 24.2 Å². The Balaban J connectivity index is 3.02. The Morgan fingerprint density at radius 1 is 1.62 bits per heavy atom. The lowest BCUT2D eigenvalue weighted by Crippen LogP contribution is -2.32. The van der Waals surface area contributed by atoms with Crippen molar-refractivity contribution in [3.8, 4) is 5.75 Å². The first-order valence-corrected chi connectivity index (χ1v) is 5.57. The van der Waals surface area contributed by atoms with Gasteiger partial charge in [-0.2, -0.15) is 0 Å². The van der Waals surface area contributed by atoms with Crippen molar-refractivity contribution in [2.45, 2.75) is 19.4 Å². The summed E-state index contributed by atoms with van der Waals surface area (Å²) in [6, 6.07) is 2.84. The summed E-state index contributed by atoms with van der Waals surface area (Å²) in [6.45, 7) is 1.92. The monoisotopic (exact) mass is 287 g/mol. The smallest absolute Gasteiger partial charge is 0.320 e. The van der Waals surface area contributed by atoms with Crippen LogP contribution in [0.4, 0.5) is 0 Å². The standard InChI is InChI=1S/C11H14BrNO3/c1-6-3-4-7(5-8(13)11(14)15)9(12)10(6)16-2/h3-4,8H,5,13H2,1-2H3,(H,14,15). The number of ether oxygens (including phenoxy) is 1. The van der Waals surface area contributed by atoms with Crippen molar-refractivity contribution in [2.24, 2.45) is 5.73 Å². The summed E-state index contributed by atoms with van der Waals surface area (Å²) in [5.74, 6) is -0.290. The van der Waals surface area contributed by atoms with Gasteiger partial charge >= 0.3 is 5.97 Å². The van der Waals surface area contributed by atoms with Crippen LogP contribution in [0.3, 0.4) is 0 Å². The largest absolute Gasteiger partial charge is 0.495 e. The molecule has 0 aliphatic carbocycles. The minimum atomic E-state index is -1.01. The summed E-state index contributed by atoms with van der Waals surface area (Å²) in [7, 11) is 1.58. The Hall–Kier alpha value is -1.07. The molecule has 0 fully saturated rings. The first-order valence-electron chi connectivity index (χ1n) is 4.77. The van der Waals surface area contributed by atoms with Gasteiger partial charge in [-0.3, -0.25) is 4.79 Å². The van der Waals surface area contributed by atoms with Crippen LogP contribution < -0.4 is 10.5 Å². The lowest BCUT2D eigenvalue weighted by atomic mass is 10.0. The molecule has 3 N–H and O–H groups in total. The third kappa shape index (κ3) is 2.74. The molecule has 0 aromatic heterocycles. The van der Waals surface area contributed by atoms with Crippen molar-refractivity contribution in [3.63, 3.8) is 0 Å². The molecular formula is C11H14BrNO3. The first kappa shape index (κ1) is 13.0. The fraction of sp³-hybridized carbons (Fsp3) is 0.364. The lowest BCUT2D eigenvalue weighted by Gasteiger charge is -2.13. The highest BCUT2D eigenvalue weighted by molar-refractivity contribution is 9.10. The van der Waals surface area contributed by atoms with Crippen molar-refractivity contribution in [3.05, 3.63) is 27.7 Å². The van der Waals surface area contributed by atoms with E-state index in [0.717, 1.165) is 21.3 Å². The normalized spacial score (nSPS) is 12.2. The van der Waals surface area contributed by atoms with Gasteiger partial charge in [0, 0.05) is 0 Å². The van der Waals surface area contributed by atoms with Crippen LogP contribution in [0.2, 0.25) is 0 Å². The molecule has 0 spiro atoms. The van der Waals surface area contributed by atoms with Gasteiger partial charge in [0.15, 0.2) is 0 Å². The van der Waals surface area contributed by atoms with Gasteiger partial charge in [0.1, 0.15) is 11.8 Å². The maximum Gasteiger partial charge on any atom is 0.320 e. The molecule has 88 valence electrons. The number of carbonyl (C=O) groups is 1. The van der Waals surface area contributed by atoms with Gasteiger partial charge in [-0.15, -0.1) is 0 Å². The van der Waals surface area contributed by atoms with Gasteiger partial charge in [0.2, 0.25) is 0 Å². The molecular weight excluding hydrogens is 274 g/mol. The average molecular weight is 288 g/mol. The van der Waals surface area contributed by atoms with Crippen LogP contribution >= 0.6 is 15.9 Å². The molecule has 5 heteroatoms. The molecule has 0 amide bonds. The van der Waals surface area contributed by atoms with Gasteiger partial charge in [-0.05, 0) is 40.4 Å². The maximum absolute atomic E-state index is 10.7. The van der Waals surface area contributed by atoms with Crippen molar-refractivity contribution in [1.29, 1.82) is 0 Å². The maximum atomic E-state index is 10.7. The SMILES string of the molecule is COc1c(C)ccc(CC(N)C(=O)O)c1Br. The van der Waals surface area contributed by atoms with E-state index in [-0.39, 0.29) is 6.42 Å². The van der Waals surface area contributed by atoms with Gasteiger partial charge < -0.3 is 15.6 Å². The molecule has 1 aromatic rings. The number of benzene rings is 1. The number of aryl methyl sites for hydroxylation is 1. The zero-order chi connectivity index (χ0) is 12.3. The van der Waals surface area contributed by atoms with Crippen LogP contribution in [0, 0.1) is 6.92 Å². The second-order valence-electron chi connectivity index (χ2n) is 3.54. The molecule has 0 saturated heterocycles. The van der Waals surface area contributed by atoms with E-state index in [4.69, 9.17) is 15.6 Å². The summed E-state index contributed by atoms with van der Waals surface area (Å²) in [5.41, 5.74) is 7.30. The van der Waals surface area contributed by atoms with E-state index in [0.29, 0.717) is 0 Å². The van der Waals surface area contributed by atoms with Crippen LogP contribution in [0.15, 0.2) is 16.6 Å². The molecule has 0 saturated carbocycles. The van der Waals surface area contributed by atoms with Gasteiger partial charge in [0.05, 0.1) is 11.6 Å². The number of carboxylic acid groups (broad SMARTS) is 1. The zero-order valence-corrected chi connectivity index (χ0v) is 10.7. The summed E-state index contributed by atoms with van der Waals surface area (Å²) < 4.78 is 5.99. The Morgan fingerprint density at radius 2 is 2.25 bits per heavy atom. The quantitative estimate of drug-likeness (QED) is 0.885. The highest BCUT2D eigenvalue weighted by Gasteiger charge is 2.16. The van der Waals surface area contributed by atoms with E-state index in [1.54, 1.807) is 7.11 Å². The summed E-state index contributed by atoms with van der Waals surface area (Å²) in [4.78, 5) is 10.7. The van der Waals surface area contributed by atoms with Crippen LogP contribution in [-0.2, 0) is 11.2 Å². The Kier molecular flexibility index (Phi) is 4.32. The highest BCUT2D eigenvalue weighted by Crippen LogP contribution is 2.32. The zero-order valence-electron chi connectivity index (χ0n) is 9.16. The number of aliphatic carboxylic acids is 1. The fourth-order valence-electron chi connectivity index (χ4n) is 1.43. The molecule has 1 atom stereocenters. The lowest BCUT2D eigenvalue weighted by molar-refractivity contribution is -0.138. The molecule has 4 nitrogen and oxygen atoms in total. The summed E-state index contributed by atoms with van der Waals surface area (Å²) in [6.07, 6.45) is 0.270. The van der Waals surface area contributed by atoms with E-state index in [9.17, 15) is 4.79 Å². The number of halogens is 1. The average Bonchev–Trinajstić information content (AvgIpc) is 2.22. The molecule has 16 heavy (non-hydrogen) atoms. The van der Waals surface area contributed by atoms with Gasteiger partial charge in [0.25, 0.3) is 0 Å². The van der Waals surface area contributed by atoms with E-state index >= 15 is 0 Å². The third-order valence-corrected chi connectivity index (χ3v) is 3.20. The van der Waals surface area contributed by atoms with Crippen molar-refractivity contribution >= 4 is 21.9 Å². The predicted molar refractivity (Wildman–Crippen MR) is 64.7 cm³/mol. The minimum absolute atomic E-state index is 0.270. The molecule has 1 aromatic carbocycles. The van der Waals surface area contributed by atoms with E-state index in [2.05, 4.69) is 15.9 Å². The number of methoxy groups -OCH3 is 1. The first-order chi connectivity index (χ1) is 7.47. The van der Waals surface area contributed by atoms with Gasteiger partial charge in [-0.25, -0.2) is 0 Å². The molecule has 0 aliphatic heterocycles. The minimum Gasteiger partial charge on any atom is -0.495 e. The predicted octanol–water partition coefficient (Wildman–Crippen LogP) is 1.72. The number of nitrogens with two attached hydrogens (primary N) is 1. The van der Waals surface area contributed by atoms with E-state index < -0.39 is 12.0 Å². The van der Waals surface area contributed by atoms with Crippen LogP contribution in [0.25, 0.3) is 0 Å². The highest BCUT2D eigenvalue weighted by atomic mass is 79.9. The van der Waals surface area contributed by atoms with Crippen molar-refractivity contribution < 1.29 is 14.6 Å². The van der Waals surface area contributed by atoms with E-state index in [1.807, 2.05) is 19.1 Å². The molecule has 0 aliphatic rings. The molecule has 0 radical (unpaired) electrons. The molecule has 1 unspecified atom stereocenters. The summed E-state index contributed by atoms with van der Waals surface area (Å²) >= 11 is 3.40. The summed E-state index contributed by atoms with van der Waals surface area (Å²) in [5, 5.41) is 8.74. The Morgan fingerprint density at radius 3 is 2.75 bits per heavy atom. The Bertz CT molecular complexity index is 406. The Labute approximate surface area is 103 Å². The fourth-order valence-corrected chi connectivity index (χ4v) is 2.19. The second-order valence-corrected chi connectivity index (χ2v) is 4.33. The van der Waals surface area contributed by atoms with E-state index in [1.165, 1.54) is 0 Å². The van der Waals surface area contributed by atoms with Gasteiger partial charge in [-0.1, -0.05) is 12.1 Å². The number of carboxylic acids is 1. The number of hydrogen-bond acceptors (Lipinski definition) is 3.